The van der Waals surface area contributed by atoms with E-state index >= 15 is 0 Å². The molecule has 9 heteroatoms. The summed E-state index contributed by atoms with van der Waals surface area (Å²) < 4.78 is 52.8. The van der Waals surface area contributed by atoms with E-state index in [4.69, 9.17) is 9.47 Å². The summed E-state index contributed by atoms with van der Waals surface area (Å²) in [5.41, 5.74) is 0.0164. The second kappa shape index (κ2) is 7.24. The Morgan fingerprint density at radius 2 is 1.88 bits per heavy atom. The Kier molecular flexibility index (Phi) is 5.32. The number of nitrogens with one attached hydrogen (secondary N) is 1. The summed E-state index contributed by atoms with van der Waals surface area (Å²) in [6.07, 6.45) is -4.87. The molecule has 0 aliphatic carbocycles. The fraction of sp³-hybridized carbons (Fsp3) is 0.333. The van der Waals surface area contributed by atoms with Gasteiger partial charge in [0.05, 0.1) is 17.9 Å². The van der Waals surface area contributed by atoms with E-state index in [2.05, 4.69) is 10.1 Å². The van der Waals surface area contributed by atoms with E-state index in [9.17, 15) is 22.8 Å². The van der Waals surface area contributed by atoms with Crippen LogP contribution >= 0.6 is 0 Å². The number of esters is 1. The number of rotatable bonds is 4. The summed E-state index contributed by atoms with van der Waals surface area (Å²) in [5.74, 6) is -4.36. The Labute approximate surface area is 135 Å². The van der Waals surface area contributed by atoms with E-state index in [0.717, 1.165) is 0 Å². The number of halogens is 3. The molecule has 1 aromatic carbocycles. The summed E-state index contributed by atoms with van der Waals surface area (Å²) in [7, 11) is 0. The molecule has 1 N–H and O–H groups in total. The van der Waals surface area contributed by atoms with Gasteiger partial charge in [0, 0.05) is 0 Å². The lowest BCUT2D eigenvalue weighted by Gasteiger charge is -2.23. The van der Waals surface area contributed by atoms with Crippen molar-refractivity contribution < 1.29 is 37.0 Å². The number of benzene rings is 1. The molecule has 0 fully saturated rings. The first-order chi connectivity index (χ1) is 11.3. The number of carbonyl (C=O) groups is 2. The lowest BCUT2D eigenvalue weighted by atomic mass is 10.1. The van der Waals surface area contributed by atoms with Gasteiger partial charge in [0.25, 0.3) is 5.91 Å². The number of hydrogen-bond acceptors (Lipinski definition) is 5. The molecule has 1 aliphatic rings. The van der Waals surface area contributed by atoms with Crippen LogP contribution in [-0.4, -0.2) is 37.9 Å². The van der Waals surface area contributed by atoms with Crippen LogP contribution in [0.5, 0.6) is 0 Å². The minimum Gasteiger partial charge on any atom is -0.483 e. The van der Waals surface area contributed by atoms with Gasteiger partial charge < -0.3 is 19.5 Å². The summed E-state index contributed by atoms with van der Waals surface area (Å²) in [6.45, 7) is 1.21. The van der Waals surface area contributed by atoms with E-state index in [0.29, 0.717) is 0 Å². The van der Waals surface area contributed by atoms with Gasteiger partial charge in [0.15, 0.2) is 0 Å². The van der Waals surface area contributed by atoms with Crippen LogP contribution in [0.3, 0.4) is 0 Å². The zero-order valence-electron chi connectivity index (χ0n) is 12.6. The molecule has 1 aliphatic heterocycles. The van der Waals surface area contributed by atoms with Crippen LogP contribution in [0.2, 0.25) is 0 Å². The van der Waals surface area contributed by atoms with E-state index in [1.165, 1.54) is 24.3 Å². The van der Waals surface area contributed by atoms with Crippen LogP contribution in [-0.2, 0) is 19.0 Å². The number of alkyl halides is 3. The molecule has 0 unspecified atom stereocenters. The van der Waals surface area contributed by atoms with E-state index < -0.39 is 29.6 Å². The van der Waals surface area contributed by atoms with Gasteiger partial charge in [-0.05, 0) is 19.1 Å². The SMILES string of the molecule is CCOC(=O)c1ccccc1NC(=O)C1=C(C(F)(F)F)OCCO1. The van der Waals surface area contributed by atoms with Crippen molar-refractivity contribution in [1.82, 2.24) is 0 Å². The molecule has 24 heavy (non-hydrogen) atoms. The van der Waals surface area contributed by atoms with Crippen molar-refractivity contribution >= 4 is 17.6 Å². The highest BCUT2D eigenvalue weighted by atomic mass is 19.4. The van der Waals surface area contributed by atoms with Crippen LogP contribution < -0.4 is 5.32 Å². The summed E-state index contributed by atoms with van der Waals surface area (Å²) in [6, 6.07) is 5.78. The van der Waals surface area contributed by atoms with Gasteiger partial charge in [0.1, 0.15) is 13.2 Å². The maximum Gasteiger partial charge on any atom is 0.453 e. The van der Waals surface area contributed by atoms with Crippen LogP contribution in [0.1, 0.15) is 17.3 Å². The fourth-order valence-corrected chi connectivity index (χ4v) is 1.96. The Hall–Kier alpha value is -2.71. The number of hydrogen-bond donors (Lipinski definition) is 1. The van der Waals surface area contributed by atoms with Crippen molar-refractivity contribution in [2.75, 3.05) is 25.1 Å². The molecule has 6 nitrogen and oxygen atoms in total. The first-order valence-corrected chi connectivity index (χ1v) is 6.99. The number of para-hydroxylation sites is 1. The first kappa shape index (κ1) is 17.6. The topological polar surface area (TPSA) is 73.9 Å². The molecule has 1 amide bonds. The number of anilines is 1. The quantitative estimate of drug-likeness (QED) is 0.849. The monoisotopic (exact) mass is 345 g/mol. The van der Waals surface area contributed by atoms with Gasteiger partial charge in [-0.15, -0.1) is 0 Å². The number of allylic oxidation sites excluding steroid dienone is 1. The van der Waals surface area contributed by atoms with Crippen molar-refractivity contribution in [3.8, 4) is 0 Å². The molecule has 0 saturated carbocycles. The molecule has 0 aromatic heterocycles. The molecule has 0 radical (unpaired) electrons. The van der Waals surface area contributed by atoms with Gasteiger partial charge in [-0.25, -0.2) is 4.79 Å². The second-order valence-corrected chi connectivity index (χ2v) is 4.57. The molecule has 0 atom stereocenters. The van der Waals surface area contributed by atoms with Gasteiger partial charge in [-0.3, -0.25) is 4.79 Å². The number of ether oxygens (including phenoxy) is 3. The average Bonchev–Trinajstić information content (AvgIpc) is 2.54. The minimum absolute atomic E-state index is 0.00384. The van der Waals surface area contributed by atoms with Crippen LogP contribution in [0.4, 0.5) is 18.9 Å². The molecular formula is C15H14F3NO5. The maximum atomic E-state index is 12.9. The molecule has 1 aromatic rings. The van der Waals surface area contributed by atoms with Crippen LogP contribution in [0.15, 0.2) is 35.8 Å². The summed E-state index contributed by atoms with van der Waals surface area (Å²) in [5, 5.41) is 2.22. The Balaban J connectivity index is 2.30. The number of carbonyl (C=O) groups excluding carboxylic acids is 2. The highest BCUT2D eigenvalue weighted by Gasteiger charge is 2.43. The van der Waals surface area contributed by atoms with Crippen molar-refractivity contribution in [2.24, 2.45) is 0 Å². The first-order valence-electron chi connectivity index (χ1n) is 6.99. The normalized spacial score (nSPS) is 14.5. The smallest absolute Gasteiger partial charge is 0.453 e. The average molecular weight is 345 g/mol. The Bertz CT molecular complexity index is 669. The van der Waals surface area contributed by atoms with Crippen molar-refractivity contribution in [3.63, 3.8) is 0 Å². The van der Waals surface area contributed by atoms with Crippen molar-refractivity contribution in [3.05, 3.63) is 41.3 Å². The predicted octanol–water partition coefficient (Wildman–Crippen LogP) is 2.62. The lowest BCUT2D eigenvalue weighted by Crippen LogP contribution is -2.30. The van der Waals surface area contributed by atoms with Crippen LogP contribution in [0.25, 0.3) is 0 Å². The number of amides is 1. The maximum absolute atomic E-state index is 12.9. The largest absolute Gasteiger partial charge is 0.483 e. The highest BCUT2D eigenvalue weighted by molar-refractivity contribution is 6.07. The molecule has 130 valence electrons. The van der Waals surface area contributed by atoms with Crippen molar-refractivity contribution in [1.29, 1.82) is 0 Å². The molecule has 0 spiro atoms. The molecule has 0 bridgehead atoms. The third kappa shape index (κ3) is 3.98. The minimum atomic E-state index is -4.87. The van der Waals surface area contributed by atoms with E-state index in [1.54, 1.807) is 6.92 Å². The molecule has 2 rings (SSSR count). The summed E-state index contributed by atoms with van der Waals surface area (Å²) in [4.78, 5) is 24.0. The molecule has 0 saturated heterocycles. The van der Waals surface area contributed by atoms with Crippen molar-refractivity contribution in [2.45, 2.75) is 13.1 Å². The Morgan fingerprint density at radius 1 is 1.21 bits per heavy atom. The molecule has 1 heterocycles. The van der Waals surface area contributed by atoms with Gasteiger partial charge in [-0.2, -0.15) is 13.2 Å². The fourth-order valence-electron chi connectivity index (χ4n) is 1.96. The molecular weight excluding hydrogens is 331 g/mol. The standard InChI is InChI=1S/C15H14F3NO5/c1-2-22-14(21)9-5-3-4-6-10(9)19-13(20)11-12(15(16,17)18)24-8-7-23-11/h3-6H,2,7-8H2,1H3,(H,19,20). The summed E-state index contributed by atoms with van der Waals surface area (Å²) >= 11 is 0. The zero-order valence-corrected chi connectivity index (χ0v) is 12.6. The highest BCUT2D eigenvalue weighted by Crippen LogP contribution is 2.32. The van der Waals surface area contributed by atoms with Crippen LogP contribution in [0, 0.1) is 0 Å². The van der Waals surface area contributed by atoms with E-state index in [1.807, 2.05) is 0 Å². The third-order valence-electron chi connectivity index (χ3n) is 2.92. The zero-order chi connectivity index (χ0) is 17.7. The van der Waals surface area contributed by atoms with Gasteiger partial charge in [0.2, 0.25) is 11.5 Å². The Morgan fingerprint density at radius 3 is 2.54 bits per heavy atom. The van der Waals surface area contributed by atoms with E-state index in [-0.39, 0.29) is 31.1 Å². The second-order valence-electron chi connectivity index (χ2n) is 4.57. The van der Waals surface area contributed by atoms with Gasteiger partial charge >= 0.3 is 12.1 Å². The van der Waals surface area contributed by atoms with Gasteiger partial charge in [-0.1, -0.05) is 12.1 Å². The third-order valence-corrected chi connectivity index (χ3v) is 2.92. The predicted molar refractivity (Wildman–Crippen MR) is 76.0 cm³/mol. The lowest BCUT2D eigenvalue weighted by molar-refractivity contribution is -0.151.